The van der Waals surface area contributed by atoms with Crippen LogP contribution < -0.4 is 20.2 Å². The van der Waals surface area contributed by atoms with Crippen molar-refractivity contribution in [1.82, 2.24) is 15.4 Å². The second kappa shape index (κ2) is 19.7. The number of quaternary nitrogens is 1. The summed E-state index contributed by atoms with van der Waals surface area (Å²) in [6.45, 7) is 5.55. The number of Topliss-reactive ketones (excluding diaryl/α,β-unsaturated/α-hetero) is 1. The van der Waals surface area contributed by atoms with Crippen LogP contribution in [0.25, 0.3) is 0 Å². The fourth-order valence-electron chi connectivity index (χ4n) is 7.76. The molecule has 2 aliphatic rings. The number of carbonyl (C=O) groups excluding carboxylic acids is 4. The van der Waals surface area contributed by atoms with Gasteiger partial charge in [0.2, 0.25) is 29.3 Å². The monoisotopic (exact) mass is 833 g/mol. The van der Waals surface area contributed by atoms with Crippen LogP contribution in [0, 0.1) is 5.82 Å². The number of rotatable bonds is 21. The molecule has 3 aromatic rings. The van der Waals surface area contributed by atoms with Gasteiger partial charge in [-0.2, -0.15) is 4.58 Å². The minimum absolute atomic E-state index is 0.0862. The first kappa shape index (κ1) is 45.5. The van der Waals surface area contributed by atoms with Crippen LogP contribution in [0.15, 0.2) is 66.2 Å². The summed E-state index contributed by atoms with van der Waals surface area (Å²) in [5.74, 6) is -2.72. The van der Waals surface area contributed by atoms with Gasteiger partial charge in [-0.15, -0.1) is 4.73 Å². The number of halogens is 1. The lowest BCUT2D eigenvalue weighted by Crippen LogP contribution is -2.47. The first-order chi connectivity index (χ1) is 28.4. The zero-order valence-corrected chi connectivity index (χ0v) is 35.5. The Hall–Kier alpha value is -5.54. The number of amides is 2. The number of nitrogens with zero attached hydrogens (tertiary/aromatic N) is 3. The summed E-state index contributed by atoms with van der Waals surface area (Å²) in [4.78, 5) is 57.1. The Kier molecular flexibility index (Phi) is 14.9. The van der Waals surface area contributed by atoms with Crippen molar-refractivity contribution in [2.45, 2.75) is 95.1 Å². The Balaban J connectivity index is 1.16. The number of unbranched alkanes of at least 4 members (excludes halogenated alkanes) is 3. The van der Waals surface area contributed by atoms with Crippen LogP contribution in [0.1, 0.15) is 88.7 Å². The van der Waals surface area contributed by atoms with Crippen LogP contribution in [-0.2, 0) is 24.6 Å². The van der Waals surface area contributed by atoms with Gasteiger partial charge in [-0.05, 0) is 82.2 Å². The largest absolute Gasteiger partial charge is 0.497 e. The molecule has 60 heavy (non-hydrogen) atoms. The average Bonchev–Trinajstić information content (AvgIpc) is 3.62. The molecule has 3 atom stereocenters. The molecule has 15 heteroatoms. The van der Waals surface area contributed by atoms with Gasteiger partial charge in [0.25, 0.3) is 0 Å². The highest BCUT2D eigenvalue weighted by molar-refractivity contribution is 6.15. The number of allylic oxidation sites excluding steroid dienone is 1. The Bertz CT molecular complexity index is 2080. The SMILES string of the molecule is COc1ccc(C2C(=O)C(=CC3=[N+](CCCCCC(=O)NC(CCCC[N+](C)(C)C)C(=O)NCCCC(=O)On4c(O)ccc4O)c4ccc(F)cc4C3(C)C)C2O)cc1. The molecule has 2 aromatic carbocycles. The predicted molar refractivity (Wildman–Crippen MR) is 223 cm³/mol. The molecule has 324 valence electrons. The van der Waals surface area contributed by atoms with E-state index in [0.29, 0.717) is 53.8 Å². The molecular weight excluding hydrogens is 774 g/mol. The van der Waals surface area contributed by atoms with Crippen molar-refractivity contribution in [1.29, 1.82) is 0 Å². The highest BCUT2D eigenvalue weighted by atomic mass is 19.1. The maximum Gasteiger partial charge on any atom is 0.333 e. The lowest BCUT2D eigenvalue weighted by atomic mass is 9.70. The fraction of sp³-hybridized carbons (Fsp3) is 0.489. The molecule has 1 fully saturated rings. The molecule has 14 nitrogen and oxygen atoms in total. The van der Waals surface area contributed by atoms with Crippen LogP contribution in [0.2, 0.25) is 0 Å². The van der Waals surface area contributed by atoms with E-state index in [-0.39, 0.29) is 49.2 Å². The Morgan fingerprint density at radius 2 is 1.65 bits per heavy atom. The second-order valence-electron chi connectivity index (χ2n) is 17.1. The number of nitrogens with one attached hydrogen (secondary N) is 2. The van der Waals surface area contributed by atoms with E-state index in [1.54, 1.807) is 43.5 Å². The molecule has 0 saturated heterocycles. The molecule has 0 radical (unpaired) electrons. The van der Waals surface area contributed by atoms with Crippen molar-refractivity contribution in [2.75, 3.05) is 47.9 Å². The maximum absolute atomic E-state index is 14.6. The van der Waals surface area contributed by atoms with E-state index < -0.39 is 41.2 Å². The van der Waals surface area contributed by atoms with Gasteiger partial charge in [0, 0.05) is 61.2 Å². The molecular formula is C45H60FN5O9+2. The third-order valence-corrected chi connectivity index (χ3v) is 11.2. The van der Waals surface area contributed by atoms with Gasteiger partial charge in [-0.25, -0.2) is 9.18 Å². The molecule has 2 amide bonds. The smallest absolute Gasteiger partial charge is 0.333 e. The standard InChI is InChI=1S/C45H58FN5O9/c1-45(2)33-27-30(46)18-21-35(33)49(36(45)28-32-42(56)41(43(32)57)29-16-19-31(59-6)20-17-29)25-10-7-8-14-37(52)48-34(13-9-11-26-51(3,4)5)44(58)47-24-12-15-40(55)60-50-38(53)22-23-39(50)54/h16-23,27-28,34,41-42,56H,7-15,24-26H2,1-6H3,(H2-,47,48,52,57,58)/p+2. The summed E-state index contributed by atoms with van der Waals surface area (Å²) >= 11 is 0. The Morgan fingerprint density at radius 1 is 0.950 bits per heavy atom. The van der Waals surface area contributed by atoms with Gasteiger partial charge in [-0.3, -0.25) is 14.4 Å². The minimum Gasteiger partial charge on any atom is -0.497 e. The second-order valence-corrected chi connectivity index (χ2v) is 17.1. The topological polar surface area (TPSA) is 179 Å². The average molecular weight is 834 g/mol. The number of hydrogen-bond acceptors (Lipinski definition) is 9. The number of ketones is 1. The zero-order valence-electron chi connectivity index (χ0n) is 35.5. The zero-order chi connectivity index (χ0) is 43.8. The van der Waals surface area contributed by atoms with E-state index in [1.807, 2.05) is 13.8 Å². The molecule has 5 N–H and O–H groups in total. The molecule has 2 heterocycles. The minimum atomic E-state index is -0.995. The van der Waals surface area contributed by atoms with Gasteiger partial charge in [0.15, 0.2) is 11.5 Å². The Labute approximate surface area is 350 Å². The quantitative estimate of drug-likeness (QED) is 0.0446. The van der Waals surface area contributed by atoms with Crippen molar-refractivity contribution < 1.29 is 57.5 Å². The molecule has 0 bridgehead atoms. The molecule has 3 unspecified atom stereocenters. The summed E-state index contributed by atoms with van der Waals surface area (Å²) in [7, 11) is 7.84. The number of aliphatic hydroxyl groups is 1. The number of fused-ring (bicyclic) bond motifs is 1. The van der Waals surface area contributed by atoms with E-state index >= 15 is 0 Å². The third-order valence-electron chi connectivity index (χ3n) is 11.2. The van der Waals surface area contributed by atoms with Gasteiger partial charge in [0.1, 0.15) is 24.2 Å². The number of methoxy groups -OCH3 is 1. The number of aromatic hydroxyl groups is 2. The van der Waals surface area contributed by atoms with Crippen LogP contribution in [0.3, 0.4) is 0 Å². The van der Waals surface area contributed by atoms with E-state index in [2.05, 4.69) is 36.4 Å². The number of aromatic nitrogens is 1. The van der Waals surface area contributed by atoms with Gasteiger partial charge >= 0.3 is 5.97 Å². The van der Waals surface area contributed by atoms with Crippen LogP contribution in [-0.4, -0.2) is 118 Å². The van der Waals surface area contributed by atoms with Crippen molar-refractivity contribution >= 4 is 35.0 Å². The molecule has 1 saturated carbocycles. The number of ether oxygens (including phenoxy) is 1. The van der Waals surface area contributed by atoms with Crippen LogP contribution in [0.4, 0.5) is 10.1 Å². The van der Waals surface area contributed by atoms with E-state index in [4.69, 9.17) is 9.57 Å². The van der Waals surface area contributed by atoms with Crippen molar-refractivity contribution in [3.8, 4) is 17.5 Å². The van der Waals surface area contributed by atoms with E-state index in [0.717, 1.165) is 40.8 Å². The van der Waals surface area contributed by atoms with Gasteiger partial charge in [0.05, 0.1) is 52.2 Å². The van der Waals surface area contributed by atoms with Crippen molar-refractivity contribution in [3.05, 3.63) is 83.2 Å². The molecule has 0 spiro atoms. The summed E-state index contributed by atoms with van der Waals surface area (Å²) in [6, 6.07) is 13.3. The van der Waals surface area contributed by atoms with Gasteiger partial charge in [-0.1, -0.05) is 12.1 Å². The first-order valence-corrected chi connectivity index (χ1v) is 20.6. The van der Waals surface area contributed by atoms with Crippen molar-refractivity contribution in [2.24, 2.45) is 0 Å². The van der Waals surface area contributed by atoms with E-state index in [9.17, 15) is 38.9 Å². The summed E-state index contributed by atoms with van der Waals surface area (Å²) in [5, 5.41) is 36.3. The molecule has 1 aliphatic heterocycles. The number of hydrogen-bond donors (Lipinski definition) is 5. The summed E-state index contributed by atoms with van der Waals surface area (Å²) in [5.41, 5.74) is 2.75. The Morgan fingerprint density at radius 3 is 2.30 bits per heavy atom. The number of benzene rings is 2. The summed E-state index contributed by atoms with van der Waals surface area (Å²) in [6.07, 6.45) is 5.07. The number of carbonyl (C=O) groups is 4. The third kappa shape index (κ3) is 11.2. The summed E-state index contributed by atoms with van der Waals surface area (Å²) < 4.78 is 23.3. The lowest BCUT2D eigenvalue weighted by Gasteiger charge is -2.34. The van der Waals surface area contributed by atoms with Gasteiger partial charge < -0.3 is 40.0 Å². The molecule has 1 aromatic heterocycles. The first-order valence-electron chi connectivity index (χ1n) is 20.6. The van der Waals surface area contributed by atoms with Crippen molar-refractivity contribution in [3.63, 3.8) is 0 Å². The normalized spacial score (nSPS) is 18.2. The fourth-order valence-corrected chi connectivity index (χ4v) is 7.76. The van der Waals surface area contributed by atoms with E-state index in [1.165, 1.54) is 24.3 Å². The predicted octanol–water partition coefficient (Wildman–Crippen LogP) is 4.55. The van der Waals surface area contributed by atoms with Crippen LogP contribution in [0.5, 0.6) is 17.5 Å². The maximum atomic E-state index is 14.6. The molecule has 1 aliphatic carbocycles. The highest BCUT2D eigenvalue weighted by Crippen LogP contribution is 2.44. The van der Waals surface area contributed by atoms with Crippen LogP contribution >= 0.6 is 0 Å². The lowest BCUT2D eigenvalue weighted by molar-refractivity contribution is -0.870. The molecule has 5 rings (SSSR count). The number of aliphatic hydroxyl groups excluding tert-OH is 1. The highest BCUT2D eigenvalue weighted by Gasteiger charge is 2.50.